The van der Waals surface area contributed by atoms with E-state index in [4.69, 9.17) is 8.83 Å². The van der Waals surface area contributed by atoms with Crippen LogP contribution < -0.4 is 5.32 Å². The van der Waals surface area contributed by atoms with Crippen LogP contribution in [0.25, 0.3) is 0 Å². The molecule has 2 aromatic heterocycles. The van der Waals surface area contributed by atoms with Crippen LogP contribution in [-0.2, 0) is 19.6 Å². The Morgan fingerprint density at radius 1 is 1.15 bits per heavy atom. The maximum Gasteiger partial charge on any atom is 0.122 e. The van der Waals surface area contributed by atoms with Crippen molar-refractivity contribution in [3.63, 3.8) is 0 Å². The van der Waals surface area contributed by atoms with E-state index < -0.39 is 0 Å². The summed E-state index contributed by atoms with van der Waals surface area (Å²) in [5.41, 5.74) is 1.24. The summed E-state index contributed by atoms with van der Waals surface area (Å²) < 4.78 is 11.0. The van der Waals surface area contributed by atoms with Gasteiger partial charge in [-0.3, -0.25) is 4.90 Å². The van der Waals surface area contributed by atoms with Gasteiger partial charge >= 0.3 is 0 Å². The number of nitrogens with one attached hydrogen (secondary N) is 1. The fraction of sp³-hybridized carbons (Fsp3) is 0.500. The van der Waals surface area contributed by atoms with Crippen molar-refractivity contribution < 1.29 is 8.83 Å². The molecule has 2 aromatic rings. The van der Waals surface area contributed by atoms with Gasteiger partial charge in [-0.1, -0.05) is 20.8 Å². The predicted octanol–water partition coefficient (Wildman–Crippen LogP) is 3.39. The summed E-state index contributed by atoms with van der Waals surface area (Å²) in [6, 6.07) is 6.46. The van der Waals surface area contributed by atoms with Crippen molar-refractivity contribution in [3.8, 4) is 0 Å². The van der Waals surface area contributed by atoms with Gasteiger partial charge in [0.05, 0.1) is 25.6 Å². The molecule has 0 aromatic carbocycles. The highest BCUT2D eigenvalue weighted by atomic mass is 16.3. The first-order valence-electron chi connectivity index (χ1n) is 7.22. The van der Waals surface area contributed by atoms with Crippen LogP contribution in [0.15, 0.2) is 39.6 Å². The predicted molar refractivity (Wildman–Crippen MR) is 79.2 cm³/mol. The third-order valence-electron chi connectivity index (χ3n) is 3.31. The molecular weight excluding hydrogens is 252 g/mol. The van der Waals surface area contributed by atoms with Gasteiger partial charge in [-0.2, -0.15) is 0 Å². The van der Waals surface area contributed by atoms with E-state index in [2.05, 4.69) is 37.1 Å². The minimum Gasteiger partial charge on any atom is -0.468 e. The van der Waals surface area contributed by atoms with Crippen LogP contribution in [0.2, 0.25) is 0 Å². The summed E-state index contributed by atoms with van der Waals surface area (Å²) >= 11 is 0. The first-order valence-corrected chi connectivity index (χ1v) is 7.22. The van der Waals surface area contributed by atoms with E-state index in [0.29, 0.717) is 6.04 Å². The average molecular weight is 276 g/mol. The van der Waals surface area contributed by atoms with Crippen molar-refractivity contribution in [2.75, 3.05) is 6.54 Å². The molecule has 2 heterocycles. The molecule has 0 aliphatic rings. The topological polar surface area (TPSA) is 41.6 Å². The second-order valence-corrected chi connectivity index (χ2v) is 5.29. The second kappa shape index (κ2) is 7.31. The summed E-state index contributed by atoms with van der Waals surface area (Å²) in [6.45, 7) is 9.89. The Kier molecular flexibility index (Phi) is 5.44. The molecule has 0 aliphatic carbocycles. The highest BCUT2D eigenvalue weighted by Gasteiger charge is 2.12. The van der Waals surface area contributed by atoms with Gasteiger partial charge in [0.15, 0.2) is 0 Å². The van der Waals surface area contributed by atoms with E-state index in [1.54, 1.807) is 12.5 Å². The SMILES string of the molecule is CCN(Cc1ccco1)Cc1ccoc1CNC(C)C. The molecule has 0 atom stereocenters. The molecule has 4 nitrogen and oxygen atoms in total. The lowest BCUT2D eigenvalue weighted by molar-refractivity contribution is 0.245. The Morgan fingerprint density at radius 2 is 2.00 bits per heavy atom. The molecular formula is C16H24N2O2. The Morgan fingerprint density at radius 3 is 2.65 bits per heavy atom. The monoisotopic (exact) mass is 276 g/mol. The molecule has 0 amide bonds. The molecule has 4 heteroatoms. The van der Waals surface area contributed by atoms with Gasteiger partial charge in [-0.15, -0.1) is 0 Å². The van der Waals surface area contributed by atoms with Gasteiger partial charge in [0, 0.05) is 18.2 Å². The fourth-order valence-corrected chi connectivity index (χ4v) is 2.10. The van der Waals surface area contributed by atoms with Crippen molar-refractivity contribution in [1.82, 2.24) is 10.2 Å². The zero-order valence-electron chi connectivity index (χ0n) is 12.6. The number of nitrogens with zero attached hydrogens (tertiary/aromatic N) is 1. The Labute approximate surface area is 120 Å². The largest absolute Gasteiger partial charge is 0.468 e. The third kappa shape index (κ3) is 4.25. The van der Waals surface area contributed by atoms with Crippen LogP contribution in [0.5, 0.6) is 0 Å². The van der Waals surface area contributed by atoms with E-state index in [-0.39, 0.29) is 0 Å². The number of hydrogen-bond donors (Lipinski definition) is 1. The Balaban J connectivity index is 1.95. The molecule has 0 saturated heterocycles. The third-order valence-corrected chi connectivity index (χ3v) is 3.31. The summed E-state index contributed by atoms with van der Waals surface area (Å²) in [7, 11) is 0. The van der Waals surface area contributed by atoms with E-state index in [9.17, 15) is 0 Å². The quantitative estimate of drug-likeness (QED) is 0.802. The van der Waals surface area contributed by atoms with Crippen LogP contribution in [-0.4, -0.2) is 17.5 Å². The van der Waals surface area contributed by atoms with Crippen LogP contribution in [0.1, 0.15) is 37.9 Å². The number of hydrogen-bond acceptors (Lipinski definition) is 4. The van der Waals surface area contributed by atoms with Gasteiger partial charge in [-0.05, 0) is 24.7 Å². The fourth-order valence-electron chi connectivity index (χ4n) is 2.10. The molecule has 0 fully saturated rings. The minimum absolute atomic E-state index is 0.457. The van der Waals surface area contributed by atoms with Gasteiger partial charge < -0.3 is 14.2 Å². The number of rotatable bonds is 8. The van der Waals surface area contributed by atoms with Crippen molar-refractivity contribution in [1.29, 1.82) is 0 Å². The Bertz CT molecular complexity index is 488. The van der Waals surface area contributed by atoms with Crippen molar-refractivity contribution in [2.24, 2.45) is 0 Å². The minimum atomic E-state index is 0.457. The van der Waals surface area contributed by atoms with Crippen molar-refractivity contribution >= 4 is 0 Å². The number of furan rings is 2. The molecule has 0 bridgehead atoms. The van der Waals surface area contributed by atoms with Gasteiger partial charge in [-0.25, -0.2) is 0 Å². The van der Waals surface area contributed by atoms with Crippen molar-refractivity contribution in [2.45, 2.75) is 46.4 Å². The van der Waals surface area contributed by atoms with E-state index in [1.807, 2.05) is 12.1 Å². The standard InChI is InChI=1S/C16H24N2O2/c1-4-18(12-15-6-5-8-19-15)11-14-7-9-20-16(14)10-17-13(2)3/h5-9,13,17H,4,10-12H2,1-3H3. The maximum absolute atomic E-state index is 5.58. The first kappa shape index (κ1) is 14.9. The molecule has 0 radical (unpaired) electrons. The Hall–Kier alpha value is -1.52. The summed E-state index contributed by atoms with van der Waals surface area (Å²) in [5, 5.41) is 3.39. The van der Waals surface area contributed by atoms with E-state index in [1.165, 1.54) is 5.56 Å². The summed E-state index contributed by atoms with van der Waals surface area (Å²) in [4.78, 5) is 2.34. The van der Waals surface area contributed by atoms with Crippen LogP contribution in [0.3, 0.4) is 0 Å². The lowest BCUT2D eigenvalue weighted by atomic mass is 10.2. The smallest absolute Gasteiger partial charge is 0.122 e. The molecule has 0 aliphatic heterocycles. The first-order chi connectivity index (χ1) is 9.69. The molecule has 1 N–H and O–H groups in total. The van der Waals surface area contributed by atoms with Crippen LogP contribution >= 0.6 is 0 Å². The lowest BCUT2D eigenvalue weighted by Gasteiger charge is -2.19. The molecule has 20 heavy (non-hydrogen) atoms. The maximum atomic E-state index is 5.58. The van der Waals surface area contributed by atoms with Gasteiger partial charge in [0.1, 0.15) is 11.5 Å². The van der Waals surface area contributed by atoms with E-state index >= 15 is 0 Å². The molecule has 0 unspecified atom stereocenters. The van der Waals surface area contributed by atoms with Gasteiger partial charge in [0.25, 0.3) is 0 Å². The highest BCUT2D eigenvalue weighted by molar-refractivity contribution is 5.17. The van der Waals surface area contributed by atoms with Crippen LogP contribution in [0.4, 0.5) is 0 Å². The zero-order chi connectivity index (χ0) is 14.4. The molecule has 2 rings (SSSR count). The average Bonchev–Trinajstić information content (AvgIpc) is 3.07. The molecule has 110 valence electrons. The van der Waals surface area contributed by atoms with E-state index in [0.717, 1.165) is 37.7 Å². The highest BCUT2D eigenvalue weighted by Crippen LogP contribution is 2.15. The lowest BCUT2D eigenvalue weighted by Crippen LogP contribution is -2.25. The van der Waals surface area contributed by atoms with Crippen molar-refractivity contribution in [3.05, 3.63) is 47.8 Å². The normalized spacial score (nSPS) is 11.7. The van der Waals surface area contributed by atoms with Crippen LogP contribution in [0, 0.1) is 0 Å². The zero-order valence-corrected chi connectivity index (χ0v) is 12.6. The molecule has 0 spiro atoms. The summed E-state index contributed by atoms with van der Waals surface area (Å²) in [6.07, 6.45) is 3.49. The summed E-state index contributed by atoms with van der Waals surface area (Å²) in [5.74, 6) is 2.02. The van der Waals surface area contributed by atoms with Gasteiger partial charge in [0.2, 0.25) is 0 Å². The second-order valence-electron chi connectivity index (χ2n) is 5.29. The molecule has 0 saturated carbocycles.